The van der Waals surface area contributed by atoms with Gasteiger partial charge in [0.2, 0.25) is 5.91 Å². The van der Waals surface area contributed by atoms with Gasteiger partial charge in [0.1, 0.15) is 0 Å². The Morgan fingerprint density at radius 1 is 1.72 bits per heavy atom. The number of thiazole rings is 1. The van der Waals surface area contributed by atoms with Crippen molar-refractivity contribution in [1.29, 1.82) is 0 Å². The highest BCUT2D eigenvalue weighted by atomic mass is 32.1. The minimum absolute atomic E-state index is 0.115. The molecule has 0 radical (unpaired) electrons. The predicted molar refractivity (Wildman–Crippen MR) is 72.0 cm³/mol. The first-order valence-electron chi connectivity index (χ1n) is 6.08. The second-order valence-electron chi connectivity index (χ2n) is 4.46. The average molecular weight is 269 g/mol. The summed E-state index contributed by atoms with van der Waals surface area (Å²) in [6.45, 7) is 2.70. The Hall–Kier alpha value is -1.18. The Morgan fingerprint density at radius 2 is 2.56 bits per heavy atom. The fourth-order valence-electron chi connectivity index (χ4n) is 2.28. The third-order valence-electron chi connectivity index (χ3n) is 3.18. The number of nitrogens with zero attached hydrogens (tertiary/aromatic N) is 2. The van der Waals surface area contributed by atoms with Crippen LogP contribution in [0.4, 0.5) is 5.13 Å². The maximum absolute atomic E-state index is 11.6. The third-order valence-corrected chi connectivity index (χ3v) is 4.09. The van der Waals surface area contributed by atoms with Gasteiger partial charge in [-0.1, -0.05) is 11.3 Å². The minimum atomic E-state index is 0.115. The summed E-state index contributed by atoms with van der Waals surface area (Å²) < 4.78 is 0. The fourth-order valence-corrected chi connectivity index (χ4v) is 3.05. The maximum Gasteiger partial charge on any atom is 0.224 e. The standard InChI is InChI=1S/C11H19N5OS/c1-13-10(17)8-3-2-4-16(6-8)7-9-5-14-11(15-12)18-9/h5,8H,2-4,6-7,12H2,1H3,(H,13,17)(H,14,15). The second-order valence-corrected chi connectivity index (χ2v) is 5.58. The summed E-state index contributed by atoms with van der Waals surface area (Å²) in [5.74, 6) is 5.57. The van der Waals surface area contributed by atoms with E-state index in [1.807, 2.05) is 6.20 Å². The smallest absolute Gasteiger partial charge is 0.224 e. The zero-order chi connectivity index (χ0) is 13.0. The van der Waals surface area contributed by atoms with E-state index in [1.165, 1.54) is 4.88 Å². The SMILES string of the molecule is CNC(=O)C1CCCN(Cc2cnc(NN)s2)C1. The van der Waals surface area contributed by atoms with Crippen LogP contribution in [0.25, 0.3) is 0 Å². The molecule has 0 spiro atoms. The first kappa shape index (κ1) is 13.3. The van der Waals surface area contributed by atoms with E-state index in [4.69, 9.17) is 5.84 Å². The van der Waals surface area contributed by atoms with Gasteiger partial charge in [-0.15, -0.1) is 0 Å². The van der Waals surface area contributed by atoms with Gasteiger partial charge in [0.25, 0.3) is 0 Å². The van der Waals surface area contributed by atoms with Crippen molar-refractivity contribution < 1.29 is 4.79 Å². The van der Waals surface area contributed by atoms with Crippen molar-refractivity contribution in [2.75, 3.05) is 25.6 Å². The zero-order valence-electron chi connectivity index (χ0n) is 10.5. The summed E-state index contributed by atoms with van der Waals surface area (Å²) in [5.41, 5.74) is 2.55. The number of carbonyl (C=O) groups excluding carboxylic acids is 1. The number of anilines is 1. The molecule has 0 saturated carbocycles. The lowest BCUT2D eigenvalue weighted by atomic mass is 9.97. The van der Waals surface area contributed by atoms with Crippen molar-refractivity contribution >= 4 is 22.4 Å². The van der Waals surface area contributed by atoms with Crippen molar-refractivity contribution in [3.05, 3.63) is 11.1 Å². The number of hydrazine groups is 1. The van der Waals surface area contributed by atoms with Gasteiger partial charge in [0.05, 0.1) is 5.92 Å². The normalized spacial score (nSPS) is 20.7. The van der Waals surface area contributed by atoms with Gasteiger partial charge in [-0.2, -0.15) is 0 Å². The van der Waals surface area contributed by atoms with Crippen LogP contribution in [0.5, 0.6) is 0 Å². The molecule has 2 rings (SSSR count). The number of hydrogen-bond acceptors (Lipinski definition) is 6. The summed E-state index contributed by atoms with van der Waals surface area (Å²) >= 11 is 1.55. The number of rotatable bonds is 4. The molecular weight excluding hydrogens is 250 g/mol. The van der Waals surface area contributed by atoms with E-state index in [9.17, 15) is 4.79 Å². The molecule has 100 valence electrons. The minimum Gasteiger partial charge on any atom is -0.359 e. The van der Waals surface area contributed by atoms with Crippen molar-refractivity contribution in [1.82, 2.24) is 15.2 Å². The van der Waals surface area contributed by atoms with Crippen LogP contribution in [-0.4, -0.2) is 35.9 Å². The number of carbonyl (C=O) groups is 1. The first-order chi connectivity index (χ1) is 8.72. The van der Waals surface area contributed by atoms with Crippen molar-refractivity contribution in [3.8, 4) is 0 Å². The summed E-state index contributed by atoms with van der Waals surface area (Å²) in [7, 11) is 1.70. The molecule has 1 aliphatic heterocycles. The predicted octanol–water partition coefficient (Wildman–Crippen LogP) is 0.387. The molecule has 0 aliphatic carbocycles. The van der Waals surface area contributed by atoms with Crippen LogP contribution in [-0.2, 0) is 11.3 Å². The number of piperidine rings is 1. The first-order valence-corrected chi connectivity index (χ1v) is 6.90. The summed E-state index contributed by atoms with van der Waals surface area (Å²) in [4.78, 5) is 19.3. The van der Waals surface area contributed by atoms with E-state index in [0.29, 0.717) is 0 Å². The van der Waals surface area contributed by atoms with Gasteiger partial charge in [0.15, 0.2) is 5.13 Å². The molecule has 6 nitrogen and oxygen atoms in total. The average Bonchev–Trinajstić information content (AvgIpc) is 2.86. The largest absolute Gasteiger partial charge is 0.359 e. The van der Waals surface area contributed by atoms with E-state index in [-0.39, 0.29) is 11.8 Å². The monoisotopic (exact) mass is 269 g/mol. The zero-order valence-corrected chi connectivity index (χ0v) is 11.3. The molecular formula is C11H19N5OS. The molecule has 2 heterocycles. The van der Waals surface area contributed by atoms with Crippen LogP contribution in [0, 0.1) is 5.92 Å². The van der Waals surface area contributed by atoms with E-state index in [1.54, 1.807) is 18.4 Å². The molecule has 1 aliphatic rings. The second kappa shape index (κ2) is 6.12. The highest BCUT2D eigenvalue weighted by molar-refractivity contribution is 7.15. The molecule has 4 N–H and O–H groups in total. The number of nitrogens with two attached hydrogens (primary N) is 1. The molecule has 1 unspecified atom stereocenters. The lowest BCUT2D eigenvalue weighted by Gasteiger charge is -2.31. The molecule has 18 heavy (non-hydrogen) atoms. The molecule has 0 bridgehead atoms. The van der Waals surface area contributed by atoms with E-state index < -0.39 is 0 Å². The molecule has 1 fully saturated rings. The van der Waals surface area contributed by atoms with Crippen LogP contribution < -0.4 is 16.6 Å². The molecule has 0 aromatic carbocycles. The molecule has 1 aromatic rings. The lowest BCUT2D eigenvalue weighted by molar-refractivity contribution is -0.126. The Balaban J connectivity index is 1.91. The maximum atomic E-state index is 11.6. The quantitative estimate of drug-likeness (QED) is 0.544. The molecule has 7 heteroatoms. The Kier molecular flexibility index (Phi) is 4.51. The van der Waals surface area contributed by atoms with Crippen molar-refractivity contribution in [3.63, 3.8) is 0 Å². The highest BCUT2D eigenvalue weighted by Crippen LogP contribution is 2.22. The lowest BCUT2D eigenvalue weighted by Crippen LogP contribution is -2.41. The Bertz CT molecular complexity index is 408. The Morgan fingerprint density at radius 3 is 3.22 bits per heavy atom. The van der Waals surface area contributed by atoms with Crippen molar-refractivity contribution in [2.24, 2.45) is 11.8 Å². The van der Waals surface area contributed by atoms with Gasteiger partial charge in [0, 0.05) is 31.2 Å². The summed E-state index contributed by atoms with van der Waals surface area (Å²) in [6.07, 6.45) is 3.89. The van der Waals surface area contributed by atoms with Gasteiger partial charge in [-0.25, -0.2) is 10.8 Å². The molecule has 1 amide bonds. The number of aromatic nitrogens is 1. The van der Waals surface area contributed by atoms with Gasteiger partial charge in [-0.05, 0) is 19.4 Å². The van der Waals surface area contributed by atoms with Crippen LogP contribution >= 0.6 is 11.3 Å². The fraction of sp³-hybridized carbons (Fsp3) is 0.636. The highest BCUT2D eigenvalue weighted by Gasteiger charge is 2.25. The van der Waals surface area contributed by atoms with Crippen LogP contribution in [0.1, 0.15) is 17.7 Å². The molecule has 1 saturated heterocycles. The Labute approximate surface area is 111 Å². The summed E-state index contributed by atoms with van der Waals surface area (Å²) in [5, 5.41) is 3.46. The van der Waals surface area contributed by atoms with E-state index in [0.717, 1.165) is 37.6 Å². The van der Waals surface area contributed by atoms with Gasteiger partial charge in [-0.3, -0.25) is 15.1 Å². The molecule has 1 atom stereocenters. The topological polar surface area (TPSA) is 83.3 Å². The van der Waals surface area contributed by atoms with Gasteiger partial charge >= 0.3 is 0 Å². The van der Waals surface area contributed by atoms with E-state index in [2.05, 4.69) is 20.6 Å². The number of amides is 1. The van der Waals surface area contributed by atoms with Gasteiger partial charge < -0.3 is 5.32 Å². The number of likely N-dealkylation sites (tertiary alicyclic amines) is 1. The van der Waals surface area contributed by atoms with Crippen LogP contribution in [0.15, 0.2) is 6.20 Å². The van der Waals surface area contributed by atoms with Crippen LogP contribution in [0.3, 0.4) is 0 Å². The van der Waals surface area contributed by atoms with Crippen LogP contribution in [0.2, 0.25) is 0 Å². The molecule has 1 aromatic heterocycles. The van der Waals surface area contributed by atoms with Crippen molar-refractivity contribution in [2.45, 2.75) is 19.4 Å². The number of hydrogen-bond donors (Lipinski definition) is 3. The number of nitrogen functional groups attached to an aromatic ring is 1. The van der Waals surface area contributed by atoms with E-state index >= 15 is 0 Å². The third kappa shape index (κ3) is 3.18. The summed E-state index contributed by atoms with van der Waals surface area (Å²) in [6, 6.07) is 0. The number of nitrogens with one attached hydrogen (secondary N) is 2.